The van der Waals surface area contributed by atoms with Gasteiger partial charge in [0, 0.05) is 30.3 Å². The van der Waals surface area contributed by atoms with Gasteiger partial charge in [-0.25, -0.2) is 0 Å². The fraction of sp³-hybridized carbons (Fsp3) is 0.529. The van der Waals surface area contributed by atoms with Crippen molar-refractivity contribution >= 4 is 10.9 Å². The molecule has 2 rings (SSSR count). The number of aromatic nitrogens is 1. The summed E-state index contributed by atoms with van der Waals surface area (Å²) in [4.78, 5) is 0. The van der Waals surface area contributed by atoms with Crippen LogP contribution < -0.4 is 5.32 Å². The van der Waals surface area contributed by atoms with Crippen molar-refractivity contribution in [2.24, 2.45) is 5.92 Å². The molecular weight excluding hydrogens is 232 g/mol. The molecule has 2 nitrogen and oxygen atoms in total. The summed E-state index contributed by atoms with van der Waals surface area (Å²) in [7, 11) is 0. The summed E-state index contributed by atoms with van der Waals surface area (Å²) in [6, 6.07) is 9.00. The minimum atomic E-state index is 0.165. The van der Waals surface area contributed by atoms with Crippen LogP contribution in [0.2, 0.25) is 0 Å². The van der Waals surface area contributed by atoms with E-state index >= 15 is 0 Å². The third-order valence-electron chi connectivity index (χ3n) is 3.22. The molecule has 0 atom stereocenters. The molecule has 2 heteroatoms. The highest BCUT2D eigenvalue weighted by atomic mass is 15.0. The van der Waals surface area contributed by atoms with Crippen LogP contribution in [0, 0.1) is 5.92 Å². The second kappa shape index (κ2) is 5.38. The van der Waals surface area contributed by atoms with Crippen LogP contribution in [0.15, 0.2) is 30.5 Å². The third-order valence-corrected chi connectivity index (χ3v) is 3.22. The summed E-state index contributed by atoms with van der Waals surface area (Å²) >= 11 is 0. The molecule has 0 fully saturated rings. The Morgan fingerprint density at radius 1 is 1.16 bits per heavy atom. The van der Waals surface area contributed by atoms with Crippen molar-refractivity contribution < 1.29 is 0 Å². The molecular formula is C17H26N2. The highest BCUT2D eigenvalue weighted by molar-refractivity contribution is 5.80. The van der Waals surface area contributed by atoms with E-state index in [9.17, 15) is 0 Å². The van der Waals surface area contributed by atoms with Crippen LogP contribution in [0.25, 0.3) is 10.9 Å². The Labute approximate surface area is 116 Å². The topological polar surface area (TPSA) is 17.0 Å². The Kier molecular flexibility index (Phi) is 4.00. The van der Waals surface area contributed by atoms with E-state index in [1.807, 2.05) is 0 Å². The zero-order valence-corrected chi connectivity index (χ0v) is 12.8. The van der Waals surface area contributed by atoms with E-state index in [0.29, 0.717) is 5.92 Å². The monoisotopic (exact) mass is 258 g/mol. The molecule has 2 aromatic rings. The smallest absolute Gasteiger partial charge is 0.0480 e. The lowest BCUT2D eigenvalue weighted by molar-refractivity contribution is 0.424. The van der Waals surface area contributed by atoms with Gasteiger partial charge in [-0.15, -0.1) is 0 Å². The van der Waals surface area contributed by atoms with Gasteiger partial charge in [0.15, 0.2) is 0 Å². The predicted molar refractivity (Wildman–Crippen MR) is 83.4 cm³/mol. The maximum Gasteiger partial charge on any atom is 0.0480 e. The summed E-state index contributed by atoms with van der Waals surface area (Å²) in [6.45, 7) is 13.1. The van der Waals surface area contributed by atoms with Gasteiger partial charge in [0.1, 0.15) is 0 Å². The van der Waals surface area contributed by atoms with Crippen LogP contribution in [0.5, 0.6) is 0 Å². The number of hydrogen-bond donors (Lipinski definition) is 1. The van der Waals surface area contributed by atoms with E-state index in [1.165, 1.54) is 16.5 Å². The summed E-state index contributed by atoms with van der Waals surface area (Å²) in [5, 5.41) is 4.88. The van der Waals surface area contributed by atoms with Gasteiger partial charge in [-0.3, -0.25) is 0 Å². The lowest BCUT2D eigenvalue weighted by Crippen LogP contribution is -2.35. The first kappa shape index (κ1) is 14.1. The molecule has 104 valence electrons. The second-order valence-corrected chi connectivity index (χ2v) is 6.86. The molecule has 19 heavy (non-hydrogen) atoms. The van der Waals surface area contributed by atoms with Crippen LogP contribution in [-0.4, -0.2) is 10.1 Å². The van der Waals surface area contributed by atoms with Gasteiger partial charge in [0.25, 0.3) is 0 Å². The van der Waals surface area contributed by atoms with Gasteiger partial charge < -0.3 is 9.88 Å². The summed E-state index contributed by atoms with van der Waals surface area (Å²) in [5.41, 5.74) is 2.86. The van der Waals surface area contributed by atoms with Crippen molar-refractivity contribution in [1.82, 2.24) is 9.88 Å². The Balaban J connectivity index is 2.18. The molecule has 0 aliphatic rings. The summed E-state index contributed by atoms with van der Waals surface area (Å²) in [5.74, 6) is 0.679. The maximum absolute atomic E-state index is 3.54. The van der Waals surface area contributed by atoms with Crippen LogP contribution in [-0.2, 0) is 13.1 Å². The molecule has 0 radical (unpaired) electrons. The third kappa shape index (κ3) is 3.84. The average molecular weight is 258 g/mol. The van der Waals surface area contributed by atoms with Crippen molar-refractivity contribution in [2.45, 2.75) is 53.2 Å². The first-order valence-corrected chi connectivity index (χ1v) is 7.18. The van der Waals surface area contributed by atoms with Crippen LogP contribution >= 0.6 is 0 Å². The minimum Gasteiger partial charge on any atom is -0.347 e. The van der Waals surface area contributed by atoms with E-state index in [-0.39, 0.29) is 5.54 Å². The highest BCUT2D eigenvalue weighted by Crippen LogP contribution is 2.19. The van der Waals surface area contributed by atoms with E-state index in [4.69, 9.17) is 0 Å². The SMILES string of the molecule is CC(C)Cn1ccc2cc(CNC(C)(C)C)ccc21. The number of hydrogen-bond acceptors (Lipinski definition) is 1. The first-order chi connectivity index (χ1) is 8.85. The lowest BCUT2D eigenvalue weighted by Gasteiger charge is -2.20. The van der Waals surface area contributed by atoms with Crippen LogP contribution in [0.1, 0.15) is 40.2 Å². The molecule has 1 N–H and O–H groups in total. The zero-order valence-electron chi connectivity index (χ0n) is 12.8. The quantitative estimate of drug-likeness (QED) is 0.870. The van der Waals surface area contributed by atoms with E-state index in [0.717, 1.165) is 13.1 Å². The maximum atomic E-state index is 3.54. The Morgan fingerprint density at radius 2 is 1.89 bits per heavy atom. The number of nitrogens with one attached hydrogen (secondary N) is 1. The van der Waals surface area contributed by atoms with Crippen molar-refractivity contribution in [3.05, 3.63) is 36.0 Å². The Morgan fingerprint density at radius 3 is 2.53 bits per heavy atom. The zero-order chi connectivity index (χ0) is 14.0. The average Bonchev–Trinajstić information content (AvgIpc) is 2.68. The van der Waals surface area contributed by atoms with Crippen molar-refractivity contribution in [2.75, 3.05) is 0 Å². The molecule has 0 saturated heterocycles. The van der Waals surface area contributed by atoms with Gasteiger partial charge in [-0.2, -0.15) is 0 Å². The van der Waals surface area contributed by atoms with E-state index in [1.54, 1.807) is 0 Å². The van der Waals surface area contributed by atoms with Crippen LogP contribution in [0.4, 0.5) is 0 Å². The normalized spacial score (nSPS) is 12.5. The molecule has 1 aromatic carbocycles. The fourth-order valence-electron chi connectivity index (χ4n) is 2.28. The molecule has 0 bridgehead atoms. The molecule has 0 aliphatic carbocycles. The molecule has 0 aliphatic heterocycles. The minimum absolute atomic E-state index is 0.165. The predicted octanol–water partition coefficient (Wildman–Crippen LogP) is 4.19. The summed E-state index contributed by atoms with van der Waals surface area (Å²) < 4.78 is 2.35. The number of fused-ring (bicyclic) bond motifs is 1. The molecule has 0 saturated carbocycles. The number of benzene rings is 1. The van der Waals surface area contributed by atoms with Gasteiger partial charge >= 0.3 is 0 Å². The van der Waals surface area contributed by atoms with Gasteiger partial charge in [-0.1, -0.05) is 19.9 Å². The van der Waals surface area contributed by atoms with Crippen molar-refractivity contribution in [3.63, 3.8) is 0 Å². The fourth-order valence-corrected chi connectivity index (χ4v) is 2.28. The molecule has 0 unspecified atom stereocenters. The van der Waals surface area contributed by atoms with Gasteiger partial charge in [0.05, 0.1) is 0 Å². The molecule has 0 amide bonds. The number of nitrogens with zero attached hydrogens (tertiary/aromatic N) is 1. The van der Waals surface area contributed by atoms with Gasteiger partial charge in [0.2, 0.25) is 0 Å². The summed E-state index contributed by atoms with van der Waals surface area (Å²) in [6.07, 6.45) is 2.20. The molecule has 1 aromatic heterocycles. The van der Waals surface area contributed by atoms with Crippen LogP contribution in [0.3, 0.4) is 0 Å². The Bertz CT molecular complexity index is 544. The Hall–Kier alpha value is -1.28. The largest absolute Gasteiger partial charge is 0.347 e. The van der Waals surface area contributed by atoms with E-state index < -0.39 is 0 Å². The van der Waals surface area contributed by atoms with Gasteiger partial charge in [-0.05, 0) is 55.8 Å². The first-order valence-electron chi connectivity index (χ1n) is 7.18. The standard InChI is InChI=1S/C17H26N2/c1-13(2)12-19-9-8-15-10-14(6-7-16(15)19)11-18-17(3,4)5/h6-10,13,18H,11-12H2,1-5H3. The highest BCUT2D eigenvalue weighted by Gasteiger charge is 2.09. The number of rotatable bonds is 4. The second-order valence-electron chi connectivity index (χ2n) is 6.86. The van der Waals surface area contributed by atoms with Crippen molar-refractivity contribution in [3.8, 4) is 0 Å². The van der Waals surface area contributed by atoms with E-state index in [2.05, 4.69) is 75.0 Å². The lowest BCUT2D eigenvalue weighted by atomic mass is 10.1. The molecule has 1 heterocycles. The molecule has 0 spiro atoms. The van der Waals surface area contributed by atoms with Crippen molar-refractivity contribution in [1.29, 1.82) is 0 Å².